The molecule has 1 aliphatic heterocycles. The molecule has 0 N–H and O–H groups in total. The summed E-state index contributed by atoms with van der Waals surface area (Å²) in [5.74, 6) is -0.267. The molecule has 0 unspecified atom stereocenters. The SMILES string of the molecule is CCOC(=O)C[C@@]1(C)CCCC[P@]1(=O)OCC. The van der Waals surface area contributed by atoms with E-state index < -0.39 is 12.5 Å². The van der Waals surface area contributed by atoms with Crippen LogP contribution in [0.5, 0.6) is 0 Å². The molecule has 5 heteroatoms. The van der Waals surface area contributed by atoms with E-state index in [1.165, 1.54) is 0 Å². The van der Waals surface area contributed by atoms with Gasteiger partial charge in [-0.2, -0.15) is 0 Å². The lowest BCUT2D eigenvalue weighted by Crippen LogP contribution is -2.34. The Balaban J connectivity index is 2.81. The number of rotatable bonds is 5. The first-order valence-corrected chi connectivity index (χ1v) is 8.18. The molecule has 0 aromatic rings. The third-order valence-electron chi connectivity index (χ3n) is 3.41. The lowest BCUT2D eigenvalue weighted by atomic mass is 9.99. The number of hydrogen-bond acceptors (Lipinski definition) is 4. The monoisotopic (exact) mass is 262 g/mol. The Kier molecular flexibility index (Phi) is 5.21. The maximum atomic E-state index is 12.8. The quantitative estimate of drug-likeness (QED) is 0.564. The molecule has 100 valence electrons. The maximum Gasteiger partial charge on any atom is 0.306 e. The first-order chi connectivity index (χ1) is 7.97. The van der Waals surface area contributed by atoms with Crippen molar-refractivity contribution in [2.75, 3.05) is 19.4 Å². The van der Waals surface area contributed by atoms with Gasteiger partial charge in [-0.05, 0) is 33.6 Å². The second kappa shape index (κ2) is 6.01. The van der Waals surface area contributed by atoms with E-state index in [1.54, 1.807) is 6.92 Å². The minimum atomic E-state index is -2.71. The summed E-state index contributed by atoms with van der Waals surface area (Å²) in [6.07, 6.45) is 3.51. The van der Waals surface area contributed by atoms with Gasteiger partial charge in [0.15, 0.2) is 0 Å². The molecule has 1 heterocycles. The smallest absolute Gasteiger partial charge is 0.306 e. The average Bonchev–Trinajstić information content (AvgIpc) is 2.23. The lowest BCUT2D eigenvalue weighted by Gasteiger charge is -2.39. The zero-order valence-electron chi connectivity index (χ0n) is 11.0. The van der Waals surface area contributed by atoms with Crippen molar-refractivity contribution in [3.63, 3.8) is 0 Å². The molecule has 4 nitrogen and oxygen atoms in total. The first-order valence-electron chi connectivity index (χ1n) is 6.37. The minimum absolute atomic E-state index is 0.206. The van der Waals surface area contributed by atoms with Crippen molar-refractivity contribution >= 4 is 13.3 Å². The van der Waals surface area contributed by atoms with Gasteiger partial charge in [0.1, 0.15) is 0 Å². The van der Waals surface area contributed by atoms with Crippen LogP contribution in [-0.2, 0) is 18.6 Å². The standard InChI is InChI=1S/C12H23O4P/c1-4-15-11(13)10-12(3)8-6-7-9-17(12,14)16-5-2/h4-10H2,1-3H3/t12-,17+/m1/s1. The van der Waals surface area contributed by atoms with Crippen LogP contribution in [0.3, 0.4) is 0 Å². The zero-order chi connectivity index (χ0) is 12.9. The molecular weight excluding hydrogens is 239 g/mol. The van der Waals surface area contributed by atoms with Gasteiger partial charge in [0, 0.05) is 6.16 Å². The van der Waals surface area contributed by atoms with Crippen LogP contribution in [0.25, 0.3) is 0 Å². The van der Waals surface area contributed by atoms with Crippen LogP contribution in [0.1, 0.15) is 46.5 Å². The Hall–Kier alpha value is -0.340. The van der Waals surface area contributed by atoms with Gasteiger partial charge in [-0.3, -0.25) is 9.36 Å². The van der Waals surface area contributed by atoms with Crippen molar-refractivity contribution in [1.82, 2.24) is 0 Å². The predicted octanol–water partition coefficient (Wildman–Crippen LogP) is 3.20. The van der Waals surface area contributed by atoms with Crippen molar-refractivity contribution in [2.45, 2.75) is 51.6 Å². The van der Waals surface area contributed by atoms with E-state index in [2.05, 4.69) is 0 Å². The molecule has 1 fully saturated rings. The summed E-state index contributed by atoms with van der Waals surface area (Å²) in [5, 5.41) is -0.534. The Morgan fingerprint density at radius 2 is 2.00 bits per heavy atom. The number of carbonyl (C=O) groups is 1. The van der Waals surface area contributed by atoms with Gasteiger partial charge in [-0.25, -0.2) is 0 Å². The van der Waals surface area contributed by atoms with Crippen LogP contribution >= 0.6 is 7.37 Å². The second-order valence-corrected chi connectivity index (χ2v) is 7.88. The van der Waals surface area contributed by atoms with Gasteiger partial charge in [-0.1, -0.05) is 6.42 Å². The molecule has 0 aliphatic carbocycles. The molecule has 0 spiro atoms. The average molecular weight is 262 g/mol. The largest absolute Gasteiger partial charge is 0.466 e. The van der Waals surface area contributed by atoms with E-state index in [0.717, 1.165) is 19.3 Å². The van der Waals surface area contributed by atoms with E-state index >= 15 is 0 Å². The highest BCUT2D eigenvalue weighted by Gasteiger charge is 2.48. The zero-order valence-corrected chi connectivity index (χ0v) is 11.9. The summed E-state index contributed by atoms with van der Waals surface area (Å²) >= 11 is 0. The van der Waals surface area contributed by atoms with Crippen LogP contribution in [-0.4, -0.2) is 30.5 Å². The molecule has 1 rings (SSSR count). The molecule has 0 aromatic heterocycles. The fraction of sp³-hybridized carbons (Fsp3) is 0.917. The van der Waals surface area contributed by atoms with Crippen molar-refractivity contribution in [1.29, 1.82) is 0 Å². The molecule has 0 radical (unpaired) electrons. The molecule has 1 saturated heterocycles. The van der Waals surface area contributed by atoms with Crippen molar-refractivity contribution in [3.8, 4) is 0 Å². The summed E-state index contributed by atoms with van der Waals surface area (Å²) < 4.78 is 23.3. The van der Waals surface area contributed by atoms with Crippen LogP contribution in [0.15, 0.2) is 0 Å². The lowest BCUT2D eigenvalue weighted by molar-refractivity contribution is -0.143. The third-order valence-corrected chi connectivity index (χ3v) is 7.02. The molecule has 1 aliphatic rings. The number of hydrogen-bond donors (Lipinski definition) is 0. The van der Waals surface area contributed by atoms with E-state index in [0.29, 0.717) is 19.4 Å². The number of ether oxygens (including phenoxy) is 1. The number of carbonyl (C=O) groups excluding carboxylic acids is 1. The van der Waals surface area contributed by atoms with Gasteiger partial charge < -0.3 is 9.26 Å². The topological polar surface area (TPSA) is 52.6 Å². The van der Waals surface area contributed by atoms with Gasteiger partial charge in [-0.15, -0.1) is 0 Å². The van der Waals surface area contributed by atoms with Crippen molar-refractivity contribution in [3.05, 3.63) is 0 Å². The van der Waals surface area contributed by atoms with Gasteiger partial charge >= 0.3 is 5.97 Å². The minimum Gasteiger partial charge on any atom is -0.466 e. The summed E-state index contributed by atoms with van der Waals surface area (Å²) in [5.41, 5.74) is 0. The van der Waals surface area contributed by atoms with Crippen LogP contribution in [0, 0.1) is 0 Å². The summed E-state index contributed by atoms with van der Waals surface area (Å²) in [4.78, 5) is 11.6. The van der Waals surface area contributed by atoms with Crippen LogP contribution in [0.4, 0.5) is 0 Å². The van der Waals surface area contributed by atoms with E-state index in [1.807, 2.05) is 13.8 Å². The molecule has 2 atom stereocenters. The molecular formula is C12H23O4P. The third kappa shape index (κ3) is 3.32. The van der Waals surface area contributed by atoms with Crippen LogP contribution < -0.4 is 0 Å². The Labute approximate surface area is 104 Å². The highest BCUT2D eigenvalue weighted by atomic mass is 31.2. The predicted molar refractivity (Wildman–Crippen MR) is 67.6 cm³/mol. The molecule has 0 bridgehead atoms. The molecule has 0 aromatic carbocycles. The van der Waals surface area contributed by atoms with E-state index in [-0.39, 0.29) is 12.4 Å². The van der Waals surface area contributed by atoms with Crippen molar-refractivity contribution < 1.29 is 18.6 Å². The van der Waals surface area contributed by atoms with Crippen LogP contribution in [0.2, 0.25) is 0 Å². The highest BCUT2D eigenvalue weighted by Crippen LogP contribution is 2.65. The Morgan fingerprint density at radius 3 is 2.59 bits per heavy atom. The maximum absolute atomic E-state index is 12.8. The Morgan fingerprint density at radius 1 is 1.29 bits per heavy atom. The van der Waals surface area contributed by atoms with E-state index in [9.17, 15) is 9.36 Å². The molecule has 0 amide bonds. The van der Waals surface area contributed by atoms with Gasteiger partial charge in [0.25, 0.3) is 0 Å². The highest BCUT2D eigenvalue weighted by molar-refractivity contribution is 7.60. The van der Waals surface area contributed by atoms with Gasteiger partial charge in [0.2, 0.25) is 7.37 Å². The Bertz CT molecular complexity index is 310. The van der Waals surface area contributed by atoms with Gasteiger partial charge in [0.05, 0.1) is 24.8 Å². The van der Waals surface area contributed by atoms with E-state index in [4.69, 9.17) is 9.26 Å². The summed E-state index contributed by atoms with van der Waals surface area (Å²) in [6.45, 7) is 6.34. The number of esters is 1. The molecule has 17 heavy (non-hydrogen) atoms. The van der Waals surface area contributed by atoms with Crippen molar-refractivity contribution in [2.24, 2.45) is 0 Å². The normalized spacial score (nSPS) is 33.4. The fourth-order valence-electron chi connectivity index (χ4n) is 2.43. The summed E-state index contributed by atoms with van der Waals surface area (Å²) in [7, 11) is -2.71. The second-order valence-electron chi connectivity index (χ2n) is 4.75. The fourth-order valence-corrected chi connectivity index (χ4v) is 5.33. The first kappa shape index (κ1) is 14.7. The summed E-state index contributed by atoms with van der Waals surface area (Å²) in [6, 6.07) is 0. The molecule has 0 saturated carbocycles.